The van der Waals surface area contributed by atoms with Crippen molar-refractivity contribution in [1.82, 2.24) is 14.8 Å². The minimum absolute atomic E-state index is 0.0151. The molecule has 2 fully saturated rings. The lowest BCUT2D eigenvalue weighted by Gasteiger charge is -2.34. The van der Waals surface area contributed by atoms with Crippen LogP contribution < -0.4 is 4.90 Å². The van der Waals surface area contributed by atoms with Gasteiger partial charge in [0.15, 0.2) is 5.78 Å². The standard InChI is InChI=1S/C26H31ClN4O4/c1-3-31(26(34)35)23-16-30(15-22(23)18-4-7-21(27)8-5-18)25(33)19-10-12-29(13-11-19)24-9-6-20(14-28-24)17(2)32/h4-9,14,19,22-23H,3,10-13,15-16H2,1-2H3,(H,34,35)/t22-,23+/m1/s1. The summed E-state index contributed by atoms with van der Waals surface area (Å²) in [5.74, 6) is 0.680. The van der Waals surface area contributed by atoms with E-state index in [1.54, 1.807) is 12.3 Å². The van der Waals surface area contributed by atoms with Crippen molar-refractivity contribution >= 4 is 35.2 Å². The van der Waals surface area contributed by atoms with Crippen LogP contribution in [0.25, 0.3) is 0 Å². The maximum absolute atomic E-state index is 13.5. The maximum Gasteiger partial charge on any atom is 0.407 e. The zero-order valence-corrected chi connectivity index (χ0v) is 20.8. The zero-order chi connectivity index (χ0) is 25.1. The highest BCUT2D eigenvalue weighted by Crippen LogP contribution is 2.34. The van der Waals surface area contributed by atoms with E-state index in [1.165, 1.54) is 11.8 Å². The Labute approximate surface area is 210 Å². The van der Waals surface area contributed by atoms with Gasteiger partial charge in [0.1, 0.15) is 5.82 Å². The van der Waals surface area contributed by atoms with Crippen LogP contribution in [0.5, 0.6) is 0 Å². The van der Waals surface area contributed by atoms with Gasteiger partial charge in [0.2, 0.25) is 5.91 Å². The number of aromatic nitrogens is 1. The average molecular weight is 499 g/mol. The van der Waals surface area contributed by atoms with Gasteiger partial charge < -0.3 is 19.8 Å². The van der Waals surface area contributed by atoms with Crippen molar-refractivity contribution in [1.29, 1.82) is 0 Å². The highest BCUT2D eigenvalue weighted by atomic mass is 35.5. The topological polar surface area (TPSA) is 94.0 Å². The summed E-state index contributed by atoms with van der Waals surface area (Å²) in [6.45, 7) is 5.99. The molecule has 2 aromatic rings. The van der Waals surface area contributed by atoms with E-state index in [2.05, 4.69) is 9.88 Å². The number of carboxylic acid groups (broad SMARTS) is 1. The van der Waals surface area contributed by atoms with Crippen LogP contribution in [0.15, 0.2) is 42.6 Å². The van der Waals surface area contributed by atoms with Crippen LogP contribution >= 0.6 is 11.6 Å². The average Bonchev–Trinajstić information content (AvgIpc) is 3.29. The monoisotopic (exact) mass is 498 g/mol. The van der Waals surface area contributed by atoms with E-state index >= 15 is 0 Å². The molecule has 0 bridgehead atoms. The zero-order valence-electron chi connectivity index (χ0n) is 20.1. The van der Waals surface area contributed by atoms with E-state index in [0.29, 0.717) is 56.2 Å². The quantitative estimate of drug-likeness (QED) is 0.601. The Bertz CT molecular complexity index is 1070. The molecule has 2 saturated heterocycles. The molecule has 0 saturated carbocycles. The number of likely N-dealkylation sites (N-methyl/N-ethyl adjacent to an activating group) is 1. The number of hydrogen-bond acceptors (Lipinski definition) is 5. The Hall–Kier alpha value is -3.13. The summed E-state index contributed by atoms with van der Waals surface area (Å²) in [6, 6.07) is 10.8. The lowest BCUT2D eigenvalue weighted by atomic mass is 9.93. The van der Waals surface area contributed by atoms with E-state index in [4.69, 9.17) is 11.6 Å². The first kappa shape index (κ1) is 25.0. The maximum atomic E-state index is 13.5. The van der Waals surface area contributed by atoms with Crippen molar-refractivity contribution in [2.24, 2.45) is 5.92 Å². The summed E-state index contributed by atoms with van der Waals surface area (Å²) in [5.41, 5.74) is 1.57. The Balaban J connectivity index is 1.43. The Morgan fingerprint density at radius 2 is 1.77 bits per heavy atom. The number of anilines is 1. The third-order valence-electron chi connectivity index (χ3n) is 7.21. The lowest BCUT2D eigenvalue weighted by Crippen LogP contribution is -2.45. The molecule has 1 aromatic carbocycles. The number of benzene rings is 1. The summed E-state index contributed by atoms with van der Waals surface area (Å²) >= 11 is 6.06. The minimum Gasteiger partial charge on any atom is -0.465 e. The first-order chi connectivity index (χ1) is 16.8. The number of likely N-dealkylation sites (tertiary alicyclic amines) is 1. The van der Waals surface area contributed by atoms with Crippen molar-refractivity contribution < 1.29 is 19.5 Å². The molecule has 9 heteroatoms. The number of carbonyl (C=O) groups is 3. The molecule has 8 nitrogen and oxygen atoms in total. The highest BCUT2D eigenvalue weighted by molar-refractivity contribution is 6.30. The minimum atomic E-state index is -0.970. The molecule has 2 amide bonds. The number of hydrogen-bond donors (Lipinski definition) is 1. The largest absolute Gasteiger partial charge is 0.465 e. The van der Waals surface area contributed by atoms with Crippen molar-refractivity contribution in [2.75, 3.05) is 37.6 Å². The van der Waals surface area contributed by atoms with Crippen LogP contribution in [0.2, 0.25) is 5.02 Å². The molecule has 3 heterocycles. The SMILES string of the molecule is CCN(C(=O)O)[C@H]1CN(C(=O)C2CCN(c3ccc(C(C)=O)cn3)CC2)C[C@@H]1c1ccc(Cl)cc1. The first-order valence-corrected chi connectivity index (χ1v) is 12.4. The summed E-state index contributed by atoms with van der Waals surface area (Å²) in [6.07, 6.45) is 2.04. The summed E-state index contributed by atoms with van der Waals surface area (Å²) in [5, 5.41) is 10.4. The number of carbonyl (C=O) groups excluding carboxylic acids is 2. The fraction of sp³-hybridized carbons (Fsp3) is 0.462. The Kier molecular flexibility index (Phi) is 7.60. The van der Waals surface area contributed by atoms with Gasteiger partial charge in [0.25, 0.3) is 0 Å². The van der Waals surface area contributed by atoms with Crippen LogP contribution in [0.1, 0.15) is 48.5 Å². The highest BCUT2D eigenvalue weighted by Gasteiger charge is 2.42. The van der Waals surface area contributed by atoms with E-state index in [0.717, 1.165) is 11.4 Å². The van der Waals surface area contributed by atoms with E-state index in [1.807, 2.05) is 42.2 Å². The van der Waals surface area contributed by atoms with Crippen molar-refractivity contribution in [3.63, 3.8) is 0 Å². The second-order valence-corrected chi connectivity index (χ2v) is 9.70. The molecule has 2 aliphatic rings. The molecule has 0 aliphatic carbocycles. The molecule has 35 heavy (non-hydrogen) atoms. The number of amides is 2. The Morgan fingerprint density at radius 1 is 1.09 bits per heavy atom. The van der Waals surface area contributed by atoms with Crippen LogP contribution in [0.4, 0.5) is 10.6 Å². The van der Waals surface area contributed by atoms with Gasteiger partial charge in [-0.2, -0.15) is 0 Å². The van der Waals surface area contributed by atoms with Gasteiger partial charge in [-0.3, -0.25) is 9.59 Å². The molecule has 186 valence electrons. The van der Waals surface area contributed by atoms with Gasteiger partial charge in [0, 0.05) is 61.3 Å². The van der Waals surface area contributed by atoms with E-state index in [9.17, 15) is 19.5 Å². The predicted molar refractivity (Wildman–Crippen MR) is 134 cm³/mol. The van der Waals surface area contributed by atoms with Crippen molar-refractivity contribution in [2.45, 2.75) is 38.6 Å². The molecule has 4 rings (SSSR count). The molecular formula is C26H31ClN4O4. The molecule has 2 aliphatic heterocycles. The van der Waals surface area contributed by atoms with Gasteiger partial charge in [0.05, 0.1) is 6.04 Å². The number of piperidine rings is 1. The fourth-order valence-electron chi connectivity index (χ4n) is 5.23. The van der Waals surface area contributed by atoms with E-state index in [-0.39, 0.29) is 29.6 Å². The molecule has 0 radical (unpaired) electrons. The first-order valence-electron chi connectivity index (χ1n) is 12.0. The third kappa shape index (κ3) is 5.42. The van der Waals surface area contributed by atoms with Gasteiger partial charge in [-0.15, -0.1) is 0 Å². The van der Waals surface area contributed by atoms with Crippen molar-refractivity contribution in [3.8, 4) is 0 Å². The smallest absolute Gasteiger partial charge is 0.407 e. The number of pyridine rings is 1. The number of ketones is 1. The normalized spacial score (nSPS) is 20.7. The lowest BCUT2D eigenvalue weighted by molar-refractivity contribution is -0.135. The summed E-state index contributed by atoms with van der Waals surface area (Å²) in [7, 11) is 0. The molecule has 1 N–H and O–H groups in total. The number of nitrogens with zero attached hydrogens (tertiary/aromatic N) is 4. The van der Waals surface area contributed by atoms with Crippen LogP contribution in [0.3, 0.4) is 0 Å². The third-order valence-corrected chi connectivity index (χ3v) is 7.46. The molecule has 1 aromatic heterocycles. The number of Topliss-reactive ketones (excluding diaryl/α,β-unsaturated/α-hetero) is 1. The van der Waals surface area contributed by atoms with Gasteiger partial charge >= 0.3 is 6.09 Å². The van der Waals surface area contributed by atoms with Crippen LogP contribution in [-0.4, -0.2) is 76.4 Å². The Morgan fingerprint density at radius 3 is 2.31 bits per heavy atom. The molecule has 0 spiro atoms. The summed E-state index contributed by atoms with van der Waals surface area (Å²) in [4.78, 5) is 46.7. The number of rotatable bonds is 6. The summed E-state index contributed by atoms with van der Waals surface area (Å²) < 4.78 is 0. The molecule has 2 atom stereocenters. The fourth-order valence-corrected chi connectivity index (χ4v) is 5.35. The molecule has 0 unspecified atom stereocenters. The van der Waals surface area contributed by atoms with Gasteiger partial charge in [-0.25, -0.2) is 9.78 Å². The molecular weight excluding hydrogens is 468 g/mol. The second-order valence-electron chi connectivity index (χ2n) is 9.26. The number of halogens is 1. The predicted octanol–water partition coefficient (Wildman–Crippen LogP) is 4.15. The van der Waals surface area contributed by atoms with E-state index < -0.39 is 6.09 Å². The van der Waals surface area contributed by atoms with Crippen molar-refractivity contribution in [3.05, 3.63) is 58.7 Å². The van der Waals surface area contributed by atoms with Gasteiger partial charge in [-0.1, -0.05) is 23.7 Å². The van der Waals surface area contributed by atoms with Crippen LogP contribution in [0, 0.1) is 5.92 Å². The second kappa shape index (κ2) is 10.6. The van der Waals surface area contributed by atoms with Crippen LogP contribution in [-0.2, 0) is 4.79 Å². The van der Waals surface area contributed by atoms with Gasteiger partial charge in [-0.05, 0) is 56.5 Å².